The van der Waals surface area contributed by atoms with E-state index in [0.717, 1.165) is 11.1 Å². The molecule has 2 N–H and O–H groups in total. The molecule has 3 aromatic rings. The Kier molecular flexibility index (Phi) is 8.49. The number of carbonyl (C=O) groups excluding carboxylic acids is 3. The Balaban J connectivity index is 1.33. The van der Waals surface area contributed by atoms with Crippen LogP contribution >= 0.6 is 11.8 Å². The summed E-state index contributed by atoms with van der Waals surface area (Å²) in [6.07, 6.45) is 0.408. The van der Waals surface area contributed by atoms with E-state index < -0.39 is 11.3 Å². The maximum absolute atomic E-state index is 13.7. The van der Waals surface area contributed by atoms with Gasteiger partial charge in [0.15, 0.2) is 5.17 Å². The van der Waals surface area contributed by atoms with E-state index in [1.807, 2.05) is 86.6 Å². The second-order valence-corrected chi connectivity index (χ2v) is 10.9. The van der Waals surface area contributed by atoms with Gasteiger partial charge in [-0.15, -0.1) is 0 Å². The summed E-state index contributed by atoms with van der Waals surface area (Å²) in [4.78, 5) is 50.6. The summed E-state index contributed by atoms with van der Waals surface area (Å²) in [6.45, 7) is 4.15. The molecule has 2 aliphatic rings. The Morgan fingerprint density at radius 2 is 1.85 bits per heavy atom. The topological polar surface area (TPSA) is 112 Å². The van der Waals surface area contributed by atoms with Gasteiger partial charge < -0.3 is 15.4 Å². The first kappa shape index (κ1) is 28.1. The van der Waals surface area contributed by atoms with Gasteiger partial charge in [-0.1, -0.05) is 61.2 Å². The van der Waals surface area contributed by atoms with Crippen LogP contribution in [0.3, 0.4) is 0 Å². The highest BCUT2D eigenvalue weighted by molar-refractivity contribution is 8.15. The largest absolute Gasteiger partial charge is 0.496 e. The fraction of sp³-hybridized carbons (Fsp3) is 0.258. The Bertz CT molecular complexity index is 1550. The molecular formula is C31H31N5O4S. The number of para-hydroxylation sites is 2. The van der Waals surface area contributed by atoms with Gasteiger partial charge in [0.25, 0.3) is 5.91 Å². The first-order valence-corrected chi connectivity index (χ1v) is 14.3. The van der Waals surface area contributed by atoms with Gasteiger partial charge in [0.1, 0.15) is 17.6 Å². The molecule has 9 nitrogen and oxygen atoms in total. The Labute approximate surface area is 243 Å². The maximum atomic E-state index is 13.7. The SMILES string of the molecule is CC[C@@H](SC1=Nc2ccccc2C2=N[C@@H](CC(=O)NCc3ccccc3OC)C(=O)N12)C(=O)Nc1cccc(C)c1. The molecule has 41 heavy (non-hydrogen) atoms. The molecule has 10 heteroatoms. The van der Waals surface area contributed by atoms with Gasteiger partial charge in [-0.25, -0.2) is 9.89 Å². The van der Waals surface area contributed by atoms with Crippen molar-refractivity contribution in [3.8, 4) is 5.75 Å². The smallest absolute Gasteiger partial charge is 0.259 e. The van der Waals surface area contributed by atoms with Crippen LogP contribution in [0.25, 0.3) is 0 Å². The Hall–Kier alpha value is -4.44. The van der Waals surface area contributed by atoms with Crippen molar-refractivity contribution in [1.82, 2.24) is 10.2 Å². The maximum Gasteiger partial charge on any atom is 0.259 e. The quantitative estimate of drug-likeness (QED) is 0.384. The molecule has 0 spiro atoms. The van der Waals surface area contributed by atoms with Crippen molar-refractivity contribution in [3.63, 3.8) is 0 Å². The predicted molar refractivity (Wildman–Crippen MR) is 162 cm³/mol. The number of aliphatic imine (C=N–C) groups is 2. The minimum atomic E-state index is -0.902. The van der Waals surface area contributed by atoms with E-state index in [1.165, 1.54) is 16.7 Å². The van der Waals surface area contributed by atoms with Gasteiger partial charge in [0.05, 0.1) is 24.5 Å². The first-order valence-electron chi connectivity index (χ1n) is 13.4. The van der Waals surface area contributed by atoms with Gasteiger partial charge in [0, 0.05) is 23.4 Å². The van der Waals surface area contributed by atoms with Crippen LogP contribution in [0.1, 0.15) is 36.5 Å². The number of nitrogens with one attached hydrogen (secondary N) is 2. The minimum Gasteiger partial charge on any atom is -0.496 e. The Morgan fingerprint density at radius 3 is 2.63 bits per heavy atom. The molecule has 3 aromatic carbocycles. The van der Waals surface area contributed by atoms with Crippen molar-refractivity contribution >= 4 is 51.9 Å². The molecule has 2 atom stereocenters. The molecule has 0 unspecified atom stereocenters. The lowest BCUT2D eigenvalue weighted by Gasteiger charge is -2.27. The number of fused-ring (bicyclic) bond motifs is 3. The second kappa shape index (κ2) is 12.4. The average Bonchev–Trinajstić information content (AvgIpc) is 3.30. The van der Waals surface area contributed by atoms with E-state index in [0.29, 0.717) is 40.1 Å². The second-order valence-electron chi connectivity index (χ2n) is 9.72. The molecule has 2 aliphatic heterocycles. The molecule has 0 radical (unpaired) electrons. The number of ether oxygens (including phenoxy) is 1. The van der Waals surface area contributed by atoms with Crippen LogP contribution in [-0.2, 0) is 20.9 Å². The first-order chi connectivity index (χ1) is 19.9. The number of thioether (sulfide) groups is 1. The fourth-order valence-electron chi connectivity index (χ4n) is 4.70. The van der Waals surface area contributed by atoms with Crippen molar-refractivity contribution in [2.24, 2.45) is 9.98 Å². The summed E-state index contributed by atoms with van der Waals surface area (Å²) in [7, 11) is 1.58. The summed E-state index contributed by atoms with van der Waals surface area (Å²) in [5.74, 6) is 0.291. The van der Waals surface area contributed by atoms with Gasteiger partial charge in [-0.3, -0.25) is 19.4 Å². The highest BCUT2D eigenvalue weighted by atomic mass is 32.2. The minimum absolute atomic E-state index is 0.112. The van der Waals surface area contributed by atoms with Crippen LogP contribution in [0, 0.1) is 6.92 Å². The Morgan fingerprint density at radius 1 is 1.07 bits per heavy atom. The predicted octanol–water partition coefficient (Wildman–Crippen LogP) is 4.82. The summed E-state index contributed by atoms with van der Waals surface area (Å²) in [5, 5.41) is 5.71. The molecule has 0 aromatic heterocycles. The summed E-state index contributed by atoms with van der Waals surface area (Å²) in [5.41, 5.74) is 3.95. The number of aryl methyl sites for hydroxylation is 1. The van der Waals surface area contributed by atoms with Gasteiger partial charge >= 0.3 is 0 Å². The monoisotopic (exact) mass is 569 g/mol. The number of anilines is 1. The van der Waals surface area contributed by atoms with Crippen molar-refractivity contribution in [2.45, 2.75) is 44.5 Å². The van der Waals surface area contributed by atoms with Crippen molar-refractivity contribution in [1.29, 1.82) is 0 Å². The van der Waals surface area contributed by atoms with E-state index in [-0.39, 0.29) is 30.7 Å². The van der Waals surface area contributed by atoms with Crippen molar-refractivity contribution in [3.05, 3.63) is 89.5 Å². The van der Waals surface area contributed by atoms with E-state index in [9.17, 15) is 14.4 Å². The standard InChI is InChI=1S/C31H31N5O4S/c1-4-26(29(38)33-21-12-9-10-19(2)16-21)41-31-35-23-14-7-6-13-22(23)28-34-24(30(39)36(28)31)17-27(37)32-18-20-11-5-8-15-25(20)40-3/h5-16,24,26H,4,17-18H2,1-3H3,(H,32,37)(H,33,38)/t24-,26+/m0/s1. The summed E-state index contributed by atoms with van der Waals surface area (Å²) < 4.78 is 5.36. The highest BCUT2D eigenvalue weighted by Crippen LogP contribution is 2.36. The van der Waals surface area contributed by atoms with E-state index >= 15 is 0 Å². The molecule has 210 valence electrons. The molecule has 0 bridgehead atoms. The van der Waals surface area contributed by atoms with Gasteiger partial charge in [0.2, 0.25) is 11.8 Å². The van der Waals surface area contributed by atoms with Crippen LogP contribution in [-0.4, -0.2) is 52.0 Å². The van der Waals surface area contributed by atoms with Crippen LogP contribution in [0.4, 0.5) is 11.4 Å². The zero-order valence-electron chi connectivity index (χ0n) is 23.1. The molecule has 0 fully saturated rings. The number of amides is 3. The third-order valence-corrected chi connectivity index (χ3v) is 8.11. The number of benzene rings is 3. The third kappa shape index (κ3) is 6.17. The van der Waals surface area contributed by atoms with Crippen molar-refractivity contribution in [2.75, 3.05) is 12.4 Å². The average molecular weight is 570 g/mol. The molecule has 2 heterocycles. The lowest BCUT2D eigenvalue weighted by molar-refractivity contribution is -0.128. The number of hydrogen-bond acceptors (Lipinski definition) is 7. The highest BCUT2D eigenvalue weighted by Gasteiger charge is 2.43. The molecule has 0 saturated heterocycles. The third-order valence-electron chi connectivity index (χ3n) is 6.79. The number of hydrogen-bond donors (Lipinski definition) is 2. The summed E-state index contributed by atoms with van der Waals surface area (Å²) in [6, 6.07) is 21.5. The van der Waals surface area contributed by atoms with Crippen LogP contribution in [0.15, 0.2) is 82.8 Å². The van der Waals surface area contributed by atoms with E-state index in [4.69, 9.17) is 9.73 Å². The number of amidine groups is 2. The van der Waals surface area contributed by atoms with Crippen LogP contribution < -0.4 is 15.4 Å². The zero-order valence-corrected chi connectivity index (χ0v) is 23.9. The molecule has 0 aliphatic carbocycles. The number of methoxy groups -OCH3 is 1. The van der Waals surface area contributed by atoms with Crippen LogP contribution in [0.2, 0.25) is 0 Å². The van der Waals surface area contributed by atoms with Gasteiger partial charge in [-0.05, 0) is 49.2 Å². The van der Waals surface area contributed by atoms with E-state index in [1.54, 1.807) is 7.11 Å². The number of nitrogens with zero attached hydrogens (tertiary/aromatic N) is 3. The van der Waals surface area contributed by atoms with Gasteiger partial charge in [-0.2, -0.15) is 0 Å². The molecule has 3 amide bonds. The molecular weight excluding hydrogens is 538 g/mol. The number of carbonyl (C=O) groups is 3. The zero-order chi connectivity index (χ0) is 28.9. The number of rotatable bonds is 9. The normalized spacial score (nSPS) is 16.2. The molecule has 0 saturated carbocycles. The fourth-order valence-corrected chi connectivity index (χ4v) is 5.72. The summed E-state index contributed by atoms with van der Waals surface area (Å²) >= 11 is 1.22. The lowest BCUT2D eigenvalue weighted by Crippen LogP contribution is -2.43. The van der Waals surface area contributed by atoms with E-state index in [2.05, 4.69) is 15.6 Å². The van der Waals surface area contributed by atoms with Crippen molar-refractivity contribution < 1.29 is 19.1 Å². The molecule has 5 rings (SSSR count). The lowest BCUT2D eigenvalue weighted by atomic mass is 10.1. The van der Waals surface area contributed by atoms with Crippen LogP contribution in [0.5, 0.6) is 5.75 Å².